The fourth-order valence-electron chi connectivity index (χ4n) is 3.71. The van der Waals surface area contributed by atoms with Crippen molar-refractivity contribution in [2.24, 2.45) is 0 Å². The Morgan fingerprint density at radius 2 is 1.80 bits per heavy atom. The van der Waals surface area contributed by atoms with E-state index >= 15 is 0 Å². The highest BCUT2D eigenvalue weighted by Gasteiger charge is 2.17. The number of esters is 1. The third kappa shape index (κ3) is 5.54. The number of rotatable bonds is 6. The Morgan fingerprint density at radius 1 is 1.03 bits per heavy atom. The van der Waals surface area contributed by atoms with Gasteiger partial charge in [0, 0.05) is 38.7 Å². The van der Waals surface area contributed by atoms with Crippen molar-refractivity contribution >= 4 is 27.6 Å². The molecule has 0 aliphatic heterocycles. The summed E-state index contributed by atoms with van der Waals surface area (Å²) in [5.41, 5.74) is 10.1. The zero-order valence-corrected chi connectivity index (χ0v) is 20.0. The number of benzene rings is 3. The molecular weight excluding hydrogens is 518 g/mol. The fourth-order valence-corrected chi connectivity index (χ4v) is 4.07. The zero-order valence-electron chi connectivity index (χ0n) is 18.4. The second-order valence-corrected chi connectivity index (χ2v) is 8.58. The van der Waals surface area contributed by atoms with E-state index in [-0.39, 0.29) is 19.6 Å². The van der Waals surface area contributed by atoms with E-state index in [0.29, 0.717) is 22.7 Å². The van der Waals surface area contributed by atoms with Crippen LogP contribution >= 0.6 is 15.9 Å². The Labute approximate surface area is 211 Å². The van der Waals surface area contributed by atoms with Crippen molar-refractivity contribution in [1.29, 1.82) is 0 Å². The molecule has 8 heteroatoms. The molecule has 5 nitrogen and oxygen atoms in total. The average molecular weight is 543 g/mol. The van der Waals surface area contributed by atoms with Crippen molar-refractivity contribution in [3.05, 3.63) is 99.7 Å². The maximum Gasteiger partial charge on any atom is 0.337 e. The van der Waals surface area contributed by atoms with E-state index in [0.717, 1.165) is 27.5 Å². The SMILES string of the molecule is C.COC(=O)c1cc(N)cc(-n2c(C)ccc2-c2cc(Br)ccc2OCc2ccc(F)cc2F)c1. The van der Waals surface area contributed by atoms with Crippen LogP contribution in [0.3, 0.4) is 0 Å². The number of aromatic nitrogens is 1. The van der Waals surface area contributed by atoms with Crippen LogP contribution in [0.4, 0.5) is 14.5 Å². The molecule has 1 aromatic heterocycles. The molecule has 0 aliphatic carbocycles. The molecule has 0 spiro atoms. The van der Waals surface area contributed by atoms with Crippen molar-refractivity contribution in [1.82, 2.24) is 4.57 Å². The van der Waals surface area contributed by atoms with Gasteiger partial charge >= 0.3 is 5.97 Å². The van der Waals surface area contributed by atoms with E-state index < -0.39 is 17.6 Å². The average Bonchev–Trinajstić information content (AvgIpc) is 3.19. The number of nitrogens with zero attached hydrogens (tertiary/aromatic N) is 1. The van der Waals surface area contributed by atoms with Gasteiger partial charge in [-0.1, -0.05) is 23.4 Å². The van der Waals surface area contributed by atoms with Gasteiger partial charge in [-0.05, 0) is 67.6 Å². The number of aryl methyl sites for hydroxylation is 1. The highest BCUT2D eigenvalue weighted by molar-refractivity contribution is 9.10. The van der Waals surface area contributed by atoms with Gasteiger partial charge in [0.15, 0.2) is 0 Å². The summed E-state index contributed by atoms with van der Waals surface area (Å²) in [6.07, 6.45) is 0. The summed E-state index contributed by atoms with van der Waals surface area (Å²) >= 11 is 3.50. The minimum atomic E-state index is -0.673. The standard InChI is InChI=1S/C26H21BrF2N2O3.CH4/c1-15-3-7-24(31(15)21-10-17(26(32)33-2)9-20(30)13-21)22-11-18(27)5-8-25(22)34-14-16-4-6-19(28)12-23(16)29;/h3-13H,14,30H2,1-2H3;1H4. The topological polar surface area (TPSA) is 66.5 Å². The lowest BCUT2D eigenvalue weighted by Crippen LogP contribution is -2.07. The van der Waals surface area contributed by atoms with Gasteiger partial charge < -0.3 is 19.8 Å². The number of hydrogen-bond donors (Lipinski definition) is 1. The minimum Gasteiger partial charge on any atom is -0.488 e. The molecule has 35 heavy (non-hydrogen) atoms. The van der Waals surface area contributed by atoms with Crippen molar-refractivity contribution in [3.63, 3.8) is 0 Å². The number of carbonyl (C=O) groups is 1. The Balaban J connectivity index is 0.00000342. The summed E-state index contributed by atoms with van der Waals surface area (Å²) in [5.74, 6) is -1.31. The monoisotopic (exact) mass is 542 g/mol. The molecule has 0 radical (unpaired) electrons. The lowest BCUT2D eigenvalue weighted by atomic mass is 10.1. The Bertz CT molecular complexity index is 1390. The molecule has 4 rings (SSSR count). The lowest BCUT2D eigenvalue weighted by molar-refractivity contribution is 0.0600. The molecule has 2 N–H and O–H groups in total. The van der Waals surface area contributed by atoms with Gasteiger partial charge in [0.25, 0.3) is 0 Å². The predicted molar refractivity (Wildman–Crippen MR) is 137 cm³/mol. The smallest absolute Gasteiger partial charge is 0.337 e. The molecular formula is C27H25BrF2N2O3. The first-order chi connectivity index (χ1) is 16.3. The normalized spacial score (nSPS) is 10.5. The van der Waals surface area contributed by atoms with E-state index in [4.69, 9.17) is 15.2 Å². The van der Waals surface area contributed by atoms with E-state index in [2.05, 4.69) is 15.9 Å². The number of carbonyl (C=O) groups excluding carboxylic acids is 1. The van der Waals surface area contributed by atoms with Gasteiger partial charge in [0.2, 0.25) is 0 Å². The highest BCUT2D eigenvalue weighted by atomic mass is 79.9. The Morgan fingerprint density at radius 3 is 2.51 bits per heavy atom. The number of nitrogen functional groups attached to an aromatic ring is 1. The maximum absolute atomic E-state index is 14.1. The summed E-state index contributed by atoms with van der Waals surface area (Å²) in [7, 11) is 1.31. The molecule has 0 amide bonds. The van der Waals surface area contributed by atoms with Crippen molar-refractivity contribution < 1.29 is 23.0 Å². The number of nitrogens with two attached hydrogens (primary N) is 1. The highest BCUT2D eigenvalue weighted by Crippen LogP contribution is 2.36. The van der Waals surface area contributed by atoms with Crippen molar-refractivity contribution in [2.45, 2.75) is 21.0 Å². The van der Waals surface area contributed by atoms with Crippen molar-refractivity contribution in [3.8, 4) is 22.7 Å². The van der Waals surface area contributed by atoms with Crippen LogP contribution < -0.4 is 10.5 Å². The van der Waals surface area contributed by atoms with E-state index in [9.17, 15) is 13.6 Å². The Kier molecular flexibility index (Phi) is 7.96. The largest absolute Gasteiger partial charge is 0.488 e. The quantitative estimate of drug-likeness (QED) is 0.209. The predicted octanol–water partition coefficient (Wildman–Crippen LogP) is 7.08. The molecule has 0 saturated heterocycles. The molecule has 0 bridgehead atoms. The van der Waals surface area contributed by atoms with Crippen LogP contribution in [0.1, 0.15) is 29.0 Å². The number of halogens is 3. The van der Waals surface area contributed by atoms with Gasteiger partial charge in [-0.3, -0.25) is 0 Å². The molecule has 4 aromatic rings. The first kappa shape index (κ1) is 26.0. The molecule has 1 heterocycles. The second-order valence-electron chi connectivity index (χ2n) is 7.67. The molecule has 0 saturated carbocycles. The van der Waals surface area contributed by atoms with E-state index in [1.54, 1.807) is 24.3 Å². The van der Waals surface area contributed by atoms with Gasteiger partial charge in [0.1, 0.15) is 24.0 Å². The molecule has 0 unspecified atom stereocenters. The third-order valence-corrected chi connectivity index (χ3v) is 5.80. The number of hydrogen-bond acceptors (Lipinski definition) is 4. The first-order valence-electron chi connectivity index (χ1n) is 10.3. The summed E-state index contributed by atoms with van der Waals surface area (Å²) in [4.78, 5) is 12.1. The van der Waals surface area contributed by atoms with Gasteiger partial charge in [-0.15, -0.1) is 0 Å². The van der Waals surface area contributed by atoms with Crippen LogP contribution in [0.25, 0.3) is 16.9 Å². The zero-order chi connectivity index (χ0) is 24.4. The van der Waals surface area contributed by atoms with Gasteiger partial charge in [0.05, 0.1) is 18.4 Å². The van der Waals surface area contributed by atoms with Crippen LogP contribution in [0, 0.1) is 18.6 Å². The summed E-state index contributed by atoms with van der Waals surface area (Å²) in [5, 5.41) is 0. The molecule has 0 atom stereocenters. The number of anilines is 1. The Hall–Kier alpha value is -3.65. The van der Waals surface area contributed by atoms with Crippen LogP contribution in [-0.2, 0) is 11.3 Å². The first-order valence-corrected chi connectivity index (χ1v) is 11.1. The van der Waals surface area contributed by atoms with Gasteiger partial charge in [-0.25, -0.2) is 13.6 Å². The fraction of sp³-hybridized carbons (Fsp3) is 0.148. The molecule has 3 aromatic carbocycles. The summed E-state index contributed by atoms with van der Waals surface area (Å²) in [6.45, 7) is 1.85. The molecule has 0 fully saturated rings. The minimum absolute atomic E-state index is 0. The van der Waals surface area contributed by atoms with Crippen molar-refractivity contribution in [2.75, 3.05) is 12.8 Å². The second kappa shape index (κ2) is 10.7. The lowest BCUT2D eigenvalue weighted by Gasteiger charge is -2.17. The van der Waals surface area contributed by atoms with Crippen LogP contribution in [0.15, 0.2) is 71.2 Å². The van der Waals surface area contributed by atoms with Gasteiger partial charge in [-0.2, -0.15) is 0 Å². The maximum atomic E-state index is 14.1. The third-order valence-electron chi connectivity index (χ3n) is 5.31. The summed E-state index contributed by atoms with van der Waals surface area (Å²) < 4.78 is 40.9. The molecule has 182 valence electrons. The van der Waals surface area contributed by atoms with E-state index in [1.165, 1.54) is 19.2 Å². The van der Waals surface area contributed by atoms with Crippen LogP contribution in [-0.4, -0.2) is 17.6 Å². The summed E-state index contributed by atoms with van der Waals surface area (Å²) in [6, 6.07) is 17.7. The van der Waals surface area contributed by atoms with Crippen LogP contribution in [0.5, 0.6) is 5.75 Å². The number of ether oxygens (including phenoxy) is 2. The van der Waals surface area contributed by atoms with Crippen LogP contribution in [0.2, 0.25) is 0 Å². The number of methoxy groups -OCH3 is 1. The molecule has 0 aliphatic rings. The van der Waals surface area contributed by atoms with E-state index in [1.807, 2.05) is 35.8 Å².